The Morgan fingerprint density at radius 1 is 1.12 bits per heavy atom. The zero-order chi connectivity index (χ0) is 23.4. The summed E-state index contributed by atoms with van der Waals surface area (Å²) in [6, 6.07) is 8.27. The number of halogens is 2. The average molecular weight is 480 g/mol. The van der Waals surface area contributed by atoms with Gasteiger partial charge in [0.05, 0.1) is 35.8 Å². The first-order valence-corrected chi connectivity index (χ1v) is 11.8. The molecule has 0 aliphatic carbocycles. The minimum Gasteiger partial charge on any atom is -0.441 e. The summed E-state index contributed by atoms with van der Waals surface area (Å²) in [5.74, 6) is -1.57. The standard InChI is InChI=1S/C22H22F2N2O6S/c1-14-2-4-17(5-3-14)33(28,29)31-9-16-8-26(21(27)32-16)15-6-18(23)20(19(24)7-15)25-10-22(11-25)12-30-13-22/h2-7,16H,8-13H2,1H3/t16-/m1/s1. The van der Waals surface area contributed by atoms with Gasteiger partial charge in [-0.3, -0.25) is 9.08 Å². The van der Waals surface area contributed by atoms with Gasteiger partial charge in [0.25, 0.3) is 10.1 Å². The van der Waals surface area contributed by atoms with Gasteiger partial charge in [0.2, 0.25) is 0 Å². The van der Waals surface area contributed by atoms with Gasteiger partial charge in [0, 0.05) is 25.2 Å². The first kappa shape index (κ1) is 22.1. The van der Waals surface area contributed by atoms with Crippen molar-refractivity contribution >= 4 is 27.6 Å². The average Bonchev–Trinajstić information content (AvgIpc) is 3.07. The van der Waals surface area contributed by atoms with Crippen molar-refractivity contribution in [3.63, 3.8) is 0 Å². The number of hydrogen-bond donors (Lipinski definition) is 0. The molecule has 2 aromatic carbocycles. The van der Waals surface area contributed by atoms with Crippen LogP contribution in [0.5, 0.6) is 0 Å². The molecule has 5 rings (SSSR count). The number of carbonyl (C=O) groups excluding carboxylic acids is 1. The minimum absolute atomic E-state index is 0.00939. The first-order valence-electron chi connectivity index (χ1n) is 10.4. The highest BCUT2D eigenvalue weighted by molar-refractivity contribution is 7.86. The maximum absolute atomic E-state index is 14.8. The third-order valence-electron chi connectivity index (χ3n) is 6.09. The molecule has 0 radical (unpaired) electrons. The van der Waals surface area contributed by atoms with Crippen molar-refractivity contribution in [3.05, 3.63) is 53.6 Å². The predicted molar refractivity (Wildman–Crippen MR) is 114 cm³/mol. The summed E-state index contributed by atoms with van der Waals surface area (Å²) in [6.07, 6.45) is -1.75. The number of amides is 1. The lowest BCUT2D eigenvalue weighted by Crippen LogP contribution is -2.66. The number of carbonyl (C=O) groups is 1. The van der Waals surface area contributed by atoms with E-state index in [0.29, 0.717) is 26.3 Å². The minimum atomic E-state index is -4.04. The van der Waals surface area contributed by atoms with Gasteiger partial charge in [-0.25, -0.2) is 13.6 Å². The van der Waals surface area contributed by atoms with Gasteiger partial charge in [-0.15, -0.1) is 0 Å². The van der Waals surface area contributed by atoms with Gasteiger partial charge >= 0.3 is 6.09 Å². The van der Waals surface area contributed by atoms with Crippen LogP contribution >= 0.6 is 0 Å². The SMILES string of the molecule is Cc1ccc(S(=O)(=O)OC[C@H]2CN(c3cc(F)c(N4CC5(COC5)C4)c(F)c3)C(=O)O2)cc1. The lowest BCUT2D eigenvalue weighted by atomic mass is 9.77. The molecule has 1 amide bonds. The fourth-order valence-corrected chi connectivity index (χ4v) is 5.20. The highest BCUT2D eigenvalue weighted by Crippen LogP contribution is 2.42. The van der Waals surface area contributed by atoms with Crippen LogP contribution in [0.1, 0.15) is 5.56 Å². The number of benzene rings is 2. The van der Waals surface area contributed by atoms with Gasteiger partial charge in [0.15, 0.2) is 11.6 Å². The molecule has 0 N–H and O–H groups in total. The van der Waals surface area contributed by atoms with E-state index in [1.54, 1.807) is 17.0 Å². The Bertz CT molecular complexity index is 1170. The number of rotatable bonds is 6. The van der Waals surface area contributed by atoms with Crippen LogP contribution < -0.4 is 9.80 Å². The Kier molecular flexibility index (Phi) is 5.30. The summed E-state index contributed by atoms with van der Waals surface area (Å²) < 4.78 is 69.6. The Labute approximate surface area is 189 Å². The summed E-state index contributed by atoms with van der Waals surface area (Å²) in [7, 11) is -4.04. The molecule has 3 aliphatic rings. The van der Waals surface area contributed by atoms with E-state index < -0.39 is 40.6 Å². The number of cyclic esters (lactones) is 1. The van der Waals surface area contributed by atoms with Crippen molar-refractivity contribution in [2.45, 2.75) is 17.9 Å². The van der Waals surface area contributed by atoms with Crippen LogP contribution in [-0.4, -0.2) is 60.1 Å². The number of anilines is 2. The predicted octanol–water partition coefficient (Wildman–Crippen LogP) is 2.84. The third kappa shape index (κ3) is 4.04. The normalized spacial score (nSPS) is 21.7. The molecule has 3 saturated heterocycles. The maximum atomic E-state index is 14.8. The second kappa shape index (κ2) is 7.93. The summed E-state index contributed by atoms with van der Waals surface area (Å²) in [4.78, 5) is 14.9. The van der Waals surface area contributed by atoms with Crippen molar-refractivity contribution in [2.24, 2.45) is 5.41 Å². The number of hydrogen-bond acceptors (Lipinski definition) is 7. The van der Waals surface area contributed by atoms with E-state index in [1.807, 2.05) is 6.92 Å². The molecule has 8 nitrogen and oxygen atoms in total. The van der Waals surface area contributed by atoms with Gasteiger partial charge < -0.3 is 14.4 Å². The smallest absolute Gasteiger partial charge is 0.414 e. The van der Waals surface area contributed by atoms with Crippen molar-refractivity contribution in [3.8, 4) is 0 Å². The van der Waals surface area contributed by atoms with E-state index in [9.17, 15) is 22.0 Å². The van der Waals surface area contributed by atoms with E-state index in [2.05, 4.69) is 0 Å². The molecule has 0 saturated carbocycles. The zero-order valence-electron chi connectivity index (χ0n) is 17.8. The molecule has 11 heteroatoms. The van der Waals surface area contributed by atoms with Crippen molar-refractivity contribution in [1.29, 1.82) is 0 Å². The second-order valence-electron chi connectivity index (χ2n) is 8.77. The van der Waals surface area contributed by atoms with Gasteiger partial charge in [-0.2, -0.15) is 8.42 Å². The topological polar surface area (TPSA) is 85.4 Å². The first-order chi connectivity index (χ1) is 15.7. The molecule has 3 heterocycles. The van der Waals surface area contributed by atoms with Crippen LogP contribution in [0.25, 0.3) is 0 Å². The zero-order valence-corrected chi connectivity index (χ0v) is 18.6. The highest BCUT2D eigenvalue weighted by Gasteiger charge is 2.50. The summed E-state index contributed by atoms with van der Waals surface area (Å²) in [6.45, 7) is 3.51. The van der Waals surface area contributed by atoms with Crippen LogP contribution in [-0.2, 0) is 23.8 Å². The van der Waals surface area contributed by atoms with Gasteiger partial charge in [0.1, 0.15) is 18.4 Å². The van der Waals surface area contributed by atoms with E-state index in [-0.39, 0.29) is 28.2 Å². The number of ether oxygens (including phenoxy) is 2. The van der Waals surface area contributed by atoms with Crippen molar-refractivity contribution in [1.82, 2.24) is 0 Å². The van der Waals surface area contributed by atoms with Crippen molar-refractivity contribution < 1.29 is 35.6 Å². The second-order valence-corrected chi connectivity index (χ2v) is 10.4. The highest BCUT2D eigenvalue weighted by atomic mass is 32.2. The Morgan fingerprint density at radius 2 is 1.76 bits per heavy atom. The summed E-state index contributed by atoms with van der Waals surface area (Å²) in [5, 5.41) is 0. The molecule has 1 atom stereocenters. The van der Waals surface area contributed by atoms with Crippen LogP contribution in [0, 0.1) is 24.0 Å². The van der Waals surface area contributed by atoms with E-state index >= 15 is 0 Å². The third-order valence-corrected chi connectivity index (χ3v) is 7.39. The summed E-state index contributed by atoms with van der Waals surface area (Å²) >= 11 is 0. The Hall–Kier alpha value is -2.76. The van der Waals surface area contributed by atoms with E-state index in [1.165, 1.54) is 12.1 Å². The van der Waals surface area contributed by atoms with E-state index in [0.717, 1.165) is 22.6 Å². The van der Waals surface area contributed by atoms with Crippen LogP contribution in [0.15, 0.2) is 41.3 Å². The molecule has 0 unspecified atom stereocenters. The van der Waals surface area contributed by atoms with E-state index in [4.69, 9.17) is 13.7 Å². The van der Waals surface area contributed by atoms with Gasteiger partial charge in [-0.05, 0) is 19.1 Å². The monoisotopic (exact) mass is 480 g/mol. The Morgan fingerprint density at radius 3 is 2.33 bits per heavy atom. The number of nitrogens with zero attached hydrogens (tertiary/aromatic N) is 2. The maximum Gasteiger partial charge on any atom is 0.414 e. The molecular weight excluding hydrogens is 458 g/mol. The molecule has 33 heavy (non-hydrogen) atoms. The van der Waals surface area contributed by atoms with Crippen molar-refractivity contribution in [2.75, 3.05) is 49.3 Å². The van der Waals surface area contributed by atoms with Crippen LogP contribution in [0.2, 0.25) is 0 Å². The lowest BCUT2D eigenvalue weighted by Gasteiger charge is -2.56. The fourth-order valence-electron chi connectivity index (χ4n) is 4.26. The molecule has 3 aliphatic heterocycles. The molecular formula is C22H22F2N2O6S. The lowest BCUT2D eigenvalue weighted by molar-refractivity contribution is -0.127. The Balaban J connectivity index is 1.24. The van der Waals surface area contributed by atoms with Crippen LogP contribution in [0.4, 0.5) is 25.0 Å². The molecule has 3 fully saturated rings. The van der Waals surface area contributed by atoms with Crippen LogP contribution in [0.3, 0.4) is 0 Å². The summed E-state index contributed by atoms with van der Waals surface area (Å²) in [5.41, 5.74) is 0.742. The largest absolute Gasteiger partial charge is 0.441 e. The molecule has 0 bridgehead atoms. The molecule has 1 spiro atoms. The van der Waals surface area contributed by atoms with Gasteiger partial charge in [-0.1, -0.05) is 17.7 Å². The fraction of sp³-hybridized carbons (Fsp3) is 0.409. The quantitative estimate of drug-likeness (QED) is 0.588. The molecule has 2 aromatic rings. The molecule has 176 valence electrons. The number of aryl methyl sites for hydroxylation is 1. The molecule has 0 aromatic heterocycles.